The van der Waals surface area contributed by atoms with Crippen LogP contribution in [0.2, 0.25) is 0 Å². The van der Waals surface area contributed by atoms with Crippen molar-refractivity contribution in [2.75, 3.05) is 0 Å². The summed E-state index contributed by atoms with van der Waals surface area (Å²) in [5.41, 5.74) is 0. The molecule has 0 fully saturated rings. The van der Waals surface area contributed by atoms with Crippen LogP contribution in [0.1, 0.15) is 19.8 Å². The molecule has 0 aliphatic rings. The van der Waals surface area contributed by atoms with Crippen molar-refractivity contribution >= 4 is 26.3 Å². The van der Waals surface area contributed by atoms with Crippen LogP contribution in [0, 0.1) is 5.41 Å². The lowest BCUT2D eigenvalue weighted by Gasteiger charge is -1.82. The Morgan fingerprint density at radius 1 is 1.83 bits per heavy atom. The standard InChI is InChI=1S/C4H8IN/c1-2-3-4(5)6/h6H,2-3H2,1H3. The zero-order chi connectivity index (χ0) is 4.99. The maximum atomic E-state index is 6.88. The lowest BCUT2D eigenvalue weighted by atomic mass is 10.4. The van der Waals surface area contributed by atoms with E-state index in [1.807, 2.05) is 22.6 Å². The van der Waals surface area contributed by atoms with Gasteiger partial charge in [0, 0.05) is 0 Å². The molecule has 0 aromatic rings. The zero-order valence-electron chi connectivity index (χ0n) is 3.79. The van der Waals surface area contributed by atoms with Crippen LogP contribution >= 0.6 is 22.6 Å². The molecule has 6 heavy (non-hydrogen) atoms. The molecule has 36 valence electrons. The van der Waals surface area contributed by atoms with Gasteiger partial charge in [0.25, 0.3) is 0 Å². The van der Waals surface area contributed by atoms with Gasteiger partial charge in [-0.3, -0.25) is 5.41 Å². The zero-order valence-corrected chi connectivity index (χ0v) is 5.95. The molecule has 0 bridgehead atoms. The van der Waals surface area contributed by atoms with Crippen LogP contribution in [0.15, 0.2) is 0 Å². The minimum atomic E-state index is 0.759. The molecule has 0 rings (SSSR count). The molecule has 0 spiro atoms. The van der Waals surface area contributed by atoms with Gasteiger partial charge in [-0.15, -0.1) is 0 Å². The Morgan fingerprint density at radius 2 is 2.33 bits per heavy atom. The van der Waals surface area contributed by atoms with Crippen molar-refractivity contribution in [3.8, 4) is 0 Å². The molecular weight excluding hydrogens is 189 g/mol. The summed E-state index contributed by atoms with van der Waals surface area (Å²) < 4.78 is 0.759. The average Bonchev–Trinajstić information content (AvgIpc) is 1.35. The first-order valence-corrected chi connectivity index (χ1v) is 3.08. The Morgan fingerprint density at radius 3 is 2.33 bits per heavy atom. The average molecular weight is 197 g/mol. The van der Waals surface area contributed by atoms with E-state index in [4.69, 9.17) is 5.41 Å². The molecule has 0 amide bonds. The number of nitrogens with one attached hydrogen (secondary N) is 1. The van der Waals surface area contributed by atoms with Crippen molar-refractivity contribution in [3.05, 3.63) is 0 Å². The molecule has 0 aromatic carbocycles. The van der Waals surface area contributed by atoms with E-state index in [9.17, 15) is 0 Å². The largest absolute Gasteiger partial charge is 0.299 e. The Bertz CT molecular complexity index is 51.5. The van der Waals surface area contributed by atoms with Gasteiger partial charge in [-0.1, -0.05) is 13.3 Å². The smallest absolute Gasteiger partial charge is 0.0694 e. The van der Waals surface area contributed by atoms with Gasteiger partial charge < -0.3 is 0 Å². The summed E-state index contributed by atoms with van der Waals surface area (Å²) >= 11 is 2.03. The normalized spacial score (nSPS) is 8.33. The molecule has 1 nitrogen and oxygen atoms in total. The van der Waals surface area contributed by atoms with Crippen LogP contribution in [0.3, 0.4) is 0 Å². The molecule has 1 N–H and O–H groups in total. The fraction of sp³-hybridized carbons (Fsp3) is 0.750. The van der Waals surface area contributed by atoms with Crippen molar-refractivity contribution in [1.82, 2.24) is 0 Å². The van der Waals surface area contributed by atoms with Gasteiger partial charge in [-0.2, -0.15) is 0 Å². The first-order chi connectivity index (χ1) is 2.77. The first kappa shape index (κ1) is 6.40. The van der Waals surface area contributed by atoms with E-state index in [0.29, 0.717) is 0 Å². The lowest BCUT2D eigenvalue weighted by Crippen LogP contribution is -1.77. The predicted molar refractivity (Wildman–Crippen MR) is 36.7 cm³/mol. The molecular formula is C4H8IN. The maximum Gasteiger partial charge on any atom is 0.0694 e. The third-order valence-corrected chi connectivity index (χ3v) is 1.01. The monoisotopic (exact) mass is 197 g/mol. The maximum absolute atomic E-state index is 6.88. The molecule has 0 aliphatic heterocycles. The Labute approximate surface area is 51.8 Å². The third-order valence-electron chi connectivity index (χ3n) is 0.469. The fourth-order valence-corrected chi connectivity index (χ4v) is 0.759. The number of hydrogen-bond acceptors (Lipinski definition) is 1. The Balaban J connectivity index is 2.83. The van der Waals surface area contributed by atoms with Gasteiger partial charge in [-0.25, -0.2) is 0 Å². The van der Waals surface area contributed by atoms with E-state index in [1.54, 1.807) is 0 Å². The summed E-state index contributed by atoms with van der Waals surface area (Å²) in [4.78, 5) is 0. The molecule has 0 atom stereocenters. The van der Waals surface area contributed by atoms with Crippen LogP contribution in [0.4, 0.5) is 0 Å². The van der Waals surface area contributed by atoms with Crippen molar-refractivity contribution in [3.63, 3.8) is 0 Å². The number of rotatable bonds is 2. The van der Waals surface area contributed by atoms with E-state index >= 15 is 0 Å². The minimum Gasteiger partial charge on any atom is -0.299 e. The number of hydrogen-bond donors (Lipinski definition) is 1. The van der Waals surface area contributed by atoms with E-state index in [1.165, 1.54) is 0 Å². The van der Waals surface area contributed by atoms with Gasteiger partial charge in [0.05, 0.1) is 3.72 Å². The molecule has 2 heteroatoms. The highest BCUT2D eigenvalue weighted by Gasteiger charge is 1.81. The quantitative estimate of drug-likeness (QED) is 0.518. The van der Waals surface area contributed by atoms with E-state index in [0.717, 1.165) is 16.6 Å². The Kier molecular flexibility index (Phi) is 3.82. The molecule has 0 saturated carbocycles. The molecule has 0 radical (unpaired) electrons. The van der Waals surface area contributed by atoms with Crippen LogP contribution in [-0.4, -0.2) is 3.72 Å². The summed E-state index contributed by atoms with van der Waals surface area (Å²) in [6.07, 6.45) is 2.04. The molecule has 0 heterocycles. The van der Waals surface area contributed by atoms with Gasteiger partial charge in [0.2, 0.25) is 0 Å². The van der Waals surface area contributed by atoms with Gasteiger partial charge in [0.1, 0.15) is 0 Å². The highest BCUT2D eigenvalue weighted by atomic mass is 127. The first-order valence-electron chi connectivity index (χ1n) is 2.00. The van der Waals surface area contributed by atoms with Crippen LogP contribution in [0.25, 0.3) is 0 Å². The van der Waals surface area contributed by atoms with Crippen LogP contribution in [0.5, 0.6) is 0 Å². The highest BCUT2D eigenvalue weighted by molar-refractivity contribution is 14.1. The SMILES string of the molecule is CCCC(=N)I. The molecule has 0 aromatic heterocycles. The molecule has 0 saturated heterocycles. The van der Waals surface area contributed by atoms with Gasteiger partial charge in [0.15, 0.2) is 0 Å². The van der Waals surface area contributed by atoms with E-state index in [-0.39, 0.29) is 0 Å². The van der Waals surface area contributed by atoms with Gasteiger partial charge >= 0.3 is 0 Å². The van der Waals surface area contributed by atoms with Crippen molar-refractivity contribution in [2.45, 2.75) is 19.8 Å². The molecule has 0 unspecified atom stereocenters. The van der Waals surface area contributed by atoms with Crippen molar-refractivity contribution < 1.29 is 0 Å². The summed E-state index contributed by atoms with van der Waals surface area (Å²) in [5, 5.41) is 6.88. The second-order valence-corrected chi connectivity index (χ2v) is 2.46. The fourth-order valence-electron chi connectivity index (χ4n) is 0.219. The summed E-state index contributed by atoms with van der Waals surface area (Å²) in [6.45, 7) is 2.08. The number of halogens is 1. The second-order valence-electron chi connectivity index (χ2n) is 1.15. The second kappa shape index (κ2) is 3.59. The Hall–Kier alpha value is 0.400. The topological polar surface area (TPSA) is 23.9 Å². The highest BCUT2D eigenvalue weighted by Crippen LogP contribution is 1.95. The van der Waals surface area contributed by atoms with Crippen molar-refractivity contribution in [2.24, 2.45) is 0 Å². The van der Waals surface area contributed by atoms with Gasteiger partial charge in [-0.05, 0) is 29.0 Å². The minimum absolute atomic E-state index is 0.759. The summed E-state index contributed by atoms with van der Waals surface area (Å²) in [5.74, 6) is 0. The predicted octanol–water partition coefficient (Wildman–Crippen LogP) is 2.20. The van der Waals surface area contributed by atoms with Crippen LogP contribution < -0.4 is 0 Å². The lowest BCUT2D eigenvalue weighted by molar-refractivity contribution is 1.00. The van der Waals surface area contributed by atoms with Crippen LogP contribution in [-0.2, 0) is 0 Å². The van der Waals surface area contributed by atoms with E-state index < -0.39 is 0 Å². The summed E-state index contributed by atoms with van der Waals surface area (Å²) in [6, 6.07) is 0. The summed E-state index contributed by atoms with van der Waals surface area (Å²) in [7, 11) is 0. The van der Waals surface area contributed by atoms with Crippen molar-refractivity contribution in [1.29, 1.82) is 5.41 Å². The molecule has 0 aliphatic carbocycles. The van der Waals surface area contributed by atoms with E-state index in [2.05, 4.69) is 6.92 Å². The third kappa shape index (κ3) is 4.40.